The van der Waals surface area contributed by atoms with E-state index in [1.54, 1.807) is 0 Å². The van der Waals surface area contributed by atoms with Crippen molar-refractivity contribution in [1.82, 2.24) is 4.90 Å². The van der Waals surface area contributed by atoms with Crippen LogP contribution in [0.2, 0.25) is 5.02 Å². The lowest BCUT2D eigenvalue weighted by Crippen LogP contribution is -2.20. The van der Waals surface area contributed by atoms with E-state index in [0.29, 0.717) is 18.0 Å². The second-order valence-electron chi connectivity index (χ2n) is 3.83. The second kappa shape index (κ2) is 4.81. The minimum atomic E-state index is -0.664. The van der Waals surface area contributed by atoms with Crippen LogP contribution in [-0.4, -0.2) is 24.2 Å². The topological polar surface area (TPSA) is 3.24 Å². The van der Waals surface area contributed by atoms with E-state index >= 15 is 0 Å². The Morgan fingerprint density at radius 1 is 1.53 bits per heavy atom. The van der Waals surface area contributed by atoms with Crippen molar-refractivity contribution in [3.05, 3.63) is 33.3 Å². The third-order valence-electron chi connectivity index (χ3n) is 2.64. The zero-order chi connectivity index (χ0) is 10.8. The molecular formula is C11H12BrClFN. The van der Waals surface area contributed by atoms with Crippen molar-refractivity contribution in [2.45, 2.75) is 19.1 Å². The van der Waals surface area contributed by atoms with Gasteiger partial charge in [-0.15, -0.1) is 0 Å². The quantitative estimate of drug-likeness (QED) is 0.804. The summed E-state index contributed by atoms with van der Waals surface area (Å²) in [5.41, 5.74) is 1.12. The summed E-state index contributed by atoms with van der Waals surface area (Å²) in [4.78, 5) is 2.11. The molecule has 0 N–H and O–H groups in total. The standard InChI is InChI=1S/C11H12BrClFN/c12-11-8(2-1-3-10(11)13)6-15-5-4-9(14)7-15/h1-3,9H,4-7H2/t9-/m1/s1. The first-order chi connectivity index (χ1) is 7.16. The van der Waals surface area contributed by atoms with Crippen LogP contribution in [-0.2, 0) is 6.54 Å². The van der Waals surface area contributed by atoms with E-state index in [1.807, 2.05) is 18.2 Å². The van der Waals surface area contributed by atoms with Crippen LogP contribution < -0.4 is 0 Å². The van der Waals surface area contributed by atoms with Gasteiger partial charge in [-0.1, -0.05) is 23.7 Å². The summed E-state index contributed by atoms with van der Waals surface area (Å²) in [5.74, 6) is 0. The summed E-state index contributed by atoms with van der Waals surface area (Å²) in [5, 5.41) is 0.712. The van der Waals surface area contributed by atoms with Crippen molar-refractivity contribution in [1.29, 1.82) is 0 Å². The van der Waals surface area contributed by atoms with Gasteiger partial charge < -0.3 is 0 Å². The molecule has 0 aliphatic carbocycles. The van der Waals surface area contributed by atoms with E-state index in [2.05, 4.69) is 20.8 Å². The van der Waals surface area contributed by atoms with Crippen LogP contribution in [0, 0.1) is 0 Å². The molecule has 0 unspecified atom stereocenters. The predicted molar refractivity (Wildman–Crippen MR) is 63.9 cm³/mol. The van der Waals surface area contributed by atoms with Gasteiger partial charge >= 0.3 is 0 Å². The van der Waals surface area contributed by atoms with Crippen molar-refractivity contribution in [2.75, 3.05) is 13.1 Å². The summed E-state index contributed by atoms with van der Waals surface area (Å²) in [6.45, 7) is 2.14. The van der Waals surface area contributed by atoms with Gasteiger partial charge in [-0.3, -0.25) is 4.90 Å². The Morgan fingerprint density at radius 3 is 3.00 bits per heavy atom. The molecule has 1 heterocycles. The van der Waals surface area contributed by atoms with Crippen LogP contribution >= 0.6 is 27.5 Å². The highest BCUT2D eigenvalue weighted by molar-refractivity contribution is 9.10. The third-order valence-corrected chi connectivity index (χ3v) is 4.12. The number of alkyl halides is 1. The monoisotopic (exact) mass is 291 g/mol. The first-order valence-corrected chi connectivity index (χ1v) is 6.13. The molecule has 1 aliphatic heterocycles. The first-order valence-electron chi connectivity index (χ1n) is 4.96. The van der Waals surface area contributed by atoms with Gasteiger partial charge in [-0.2, -0.15) is 0 Å². The van der Waals surface area contributed by atoms with Crippen molar-refractivity contribution >= 4 is 27.5 Å². The Hall–Kier alpha value is -0.120. The highest BCUT2D eigenvalue weighted by Crippen LogP contribution is 2.28. The SMILES string of the molecule is F[C@@H]1CCN(Cc2cccc(Cl)c2Br)C1. The lowest BCUT2D eigenvalue weighted by molar-refractivity contribution is 0.282. The fraction of sp³-hybridized carbons (Fsp3) is 0.455. The molecule has 0 bridgehead atoms. The lowest BCUT2D eigenvalue weighted by Gasteiger charge is -2.15. The lowest BCUT2D eigenvalue weighted by atomic mass is 10.2. The fourth-order valence-electron chi connectivity index (χ4n) is 1.84. The number of hydrogen-bond acceptors (Lipinski definition) is 1. The van der Waals surface area contributed by atoms with Crippen molar-refractivity contribution in [2.24, 2.45) is 0 Å². The van der Waals surface area contributed by atoms with Gasteiger partial charge in [-0.05, 0) is 34.0 Å². The molecule has 2 rings (SSSR count). The largest absolute Gasteiger partial charge is 0.296 e. The number of benzene rings is 1. The maximum atomic E-state index is 13.0. The van der Waals surface area contributed by atoms with Crippen LogP contribution in [0.3, 0.4) is 0 Å². The van der Waals surface area contributed by atoms with E-state index in [0.717, 1.165) is 23.1 Å². The molecule has 1 aliphatic rings. The Kier molecular flexibility index (Phi) is 3.65. The average molecular weight is 293 g/mol. The molecule has 0 radical (unpaired) electrons. The first kappa shape index (κ1) is 11.4. The molecule has 1 saturated heterocycles. The summed E-state index contributed by atoms with van der Waals surface area (Å²) in [7, 11) is 0. The number of halogens is 3. The van der Waals surface area contributed by atoms with E-state index in [1.165, 1.54) is 0 Å². The van der Waals surface area contributed by atoms with Crippen molar-refractivity contribution < 1.29 is 4.39 Å². The molecular weight excluding hydrogens is 280 g/mol. The number of rotatable bonds is 2. The van der Waals surface area contributed by atoms with Crippen molar-refractivity contribution in [3.63, 3.8) is 0 Å². The molecule has 82 valence electrons. The minimum Gasteiger partial charge on any atom is -0.296 e. The molecule has 0 aromatic heterocycles. The molecule has 1 atom stereocenters. The van der Waals surface area contributed by atoms with Gasteiger partial charge in [0.2, 0.25) is 0 Å². The third kappa shape index (κ3) is 2.71. The molecule has 0 spiro atoms. The molecule has 1 aromatic rings. The average Bonchev–Trinajstić information content (AvgIpc) is 2.59. The highest BCUT2D eigenvalue weighted by atomic mass is 79.9. The molecule has 1 nitrogen and oxygen atoms in total. The summed E-state index contributed by atoms with van der Waals surface area (Å²) < 4.78 is 13.9. The number of nitrogens with zero attached hydrogens (tertiary/aromatic N) is 1. The van der Waals surface area contributed by atoms with Crippen LogP contribution in [0.1, 0.15) is 12.0 Å². The van der Waals surface area contributed by atoms with Gasteiger partial charge in [0.15, 0.2) is 0 Å². The predicted octanol–water partition coefficient (Wildman–Crippen LogP) is 3.65. The van der Waals surface area contributed by atoms with E-state index in [4.69, 9.17) is 11.6 Å². The van der Waals surface area contributed by atoms with Gasteiger partial charge in [-0.25, -0.2) is 4.39 Å². The normalized spacial score (nSPS) is 22.2. The molecule has 1 fully saturated rings. The Bertz CT molecular complexity index is 358. The van der Waals surface area contributed by atoms with Gasteiger partial charge in [0.25, 0.3) is 0 Å². The summed E-state index contributed by atoms with van der Waals surface area (Å²) >= 11 is 9.44. The number of hydrogen-bond donors (Lipinski definition) is 0. The van der Waals surface area contributed by atoms with Crippen LogP contribution in [0.4, 0.5) is 4.39 Å². The van der Waals surface area contributed by atoms with Crippen LogP contribution in [0.25, 0.3) is 0 Å². The smallest absolute Gasteiger partial charge is 0.114 e. The number of likely N-dealkylation sites (tertiary alicyclic amines) is 1. The molecule has 0 saturated carbocycles. The Morgan fingerprint density at radius 2 is 2.33 bits per heavy atom. The molecule has 1 aromatic carbocycles. The molecule has 0 amide bonds. The summed E-state index contributed by atoms with van der Waals surface area (Å²) in [6, 6.07) is 5.78. The maximum Gasteiger partial charge on any atom is 0.114 e. The Labute approximate surface area is 102 Å². The van der Waals surface area contributed by atoms with Crippen LogP contribution in [0.15, 0.2) is 22.7 Å². The highest BCUT2D eigenvalue weighted by Gasteiger charge is 2.22. The van der Waals surface area contributed by atoms with E-state index in [9.17, 15) is 4.39 Å². The maximum absolute atomic E-state index is 13.0. The minimum absolute atomic E-state index is 0.541. The van der Waals surface area contributed by atoms with Crippen LogP contribution in [0.5, 0.6) is 0 Å². The zero-order valence-corrected chi connectivity index (χ0v) is 10.6. The van der Waals surface area contributed by atoms with Crippen molar-refractivity contribution in [3.8, 4) is 0 Å². The van der Waals surface area contributed by atoms with Gasteiger partial charge in [0.05, 0.1) is 5.02 Å². The molecule has 4 heteroatoms. The van der Waals surface area contributed by atoms with E-state index < -0.39 is 6.17 Å². The van der Waals surface area contributed by atoms with Gasteiger partial charge in [0, 0.05) is 24.1 Å². The Balaban J connectivity index is 2.07. The summed E-state index contributed by atoms with van der Waals surface area (Å²) in [6.07, 6.45) is -0.0129. The fourth-order valence-corrected chi connectivity index (χ4v) is 2.42. The second-order valence-corrected chi connectivity index (χ2v) is 5.03. The molecule has 15 heavy (non-hydrogen) atoms. The van der Waals surface area contributed by atoms with E-state index in [-0.39, 0.29) is 0 Å². The zero-order valence-electron chi connectivity index (χ0n) is 8.22. The van der Waals surface area contributed by atoms with Gasteiger partial charge in [0.1, 0.15) is 6.17 Å².